The van der Waals surface area contributed by atoms with E-state index in [4.69, 9.17) is 5.73 Å². The average molecular weight is 226 g/mol. The first-order valence-corrected chi connectivity index (χ1v) is 5.11. The fourth-order valence-electron chi connectivity index (χ4n) is 1.58. The van der Waals surface area contributed by atoms with Crippen LogP contribution in [0, 0.1) is 0 Å². The van der Waals surface area contributed by atoms with Gasteiger partial charge in [-0.05, 0) is 0 Å². The maximum atomic E-state index is 5.71. The van der Waals surface area contributed by atoms with Crippen LogP contribution >= 0.6 is 0 Å². The van der Waals surface area contributed by atoms with E-state index in [2.05, 4.69) is 25.1 Å². The summed E-state index contributed by atoms with van der Waals surface area (Å²) in [6.07, 6.45) is 1.52. The Morgan fingerprint density at radius 1 is 1.12 bits per heavy atom. The number of nitrogens with zero attached hydrogens (tertiary/aromatic N) is 3. The summed E-state index contributed by atoms with van der Waals surface area (Å²) < 4.78 is 0. The fraction of sp³-hybridized carbons (Fsp3) is 0. The second-order valence-corrected chi connectivity index (χ2v) is 3.54. The lowest BCUT2D eigenvalue weighted by atomic mass is 10.2. The molecule has 0 saturated carbocycles. The summed E-state index contributed by atoms with van der Waals surface area (Å²) in [6.45, 7) is 0. The number of rotatable bonds is 2. The van der Waals surface area contributed by atoms with Crippen LogP contribution in [0.1, 0.15) is 0 Å². The van der Waals surface area contributed by atoms with Crippen LogP contribution in [0.5, 0.6) is 0 Å². The van der Waals surface area contributed by atoms with Gasteiger partial charge in [0.2, 0.25) is 5.82 Å². The maximum absolute atomic E-state index is 5.71. The van der Waals surface area contributed by atoms with Crippen molar-refractivity contribution in [1.29, 1.82) is 0 Å². The first-order valence-electron chi connectivity index (χ1n) is 5.11. The third-order valence-electron chi connectivity index (χ3n) is 2.41. The Balaban J connectivity index is 2.02. The Morgan fingerprint density at radius 3 is 2.65 bits per heavy atom. The van der Waals surface area contributed by atoms with Crippen molar-refractivity contribution in [2.45, 2.75) is 0 Å². The lowest BCUT2D eigenvalue weighted by Gasteiger charge is -1.92. The molecule has 17 heavy (non-hydrogen) atoms. The summed E-state index contributed by atoms with van der Waals surface area (Å²) >= 11 is 0. The number of imidazole rings is 1. The van der Waals surface area contributed by atoms with Crippen molar-refractivity contribution in [3.05, 3.63) is 36.7 Å². The quantitative estimate of drug-likeness (QED) is 0.616. The molecular weight excluding hydrogens is 216 g/mol. The van der Waals surface area contributed by atoms with Gasteiger partial charge in [0.25, 0.3) is 0 Å². The number of benzene rings is 1. The highest BCUT2D eigenvalue weighted by Gasteiger charge is 2.12. The predicted molar refractivity (Wildman–Crippen MR) is 63.8 cm³/mol. The van der Waals surface area contributed by atoms with E-state index in [1.165, 1.54) is 6.33 Å². The molecule has 0 aliphatic heterocycles. The van der Waals surface area contributed by atoms with Crippen LogP contribution in [-0.2, 0) is 0 Å². The smallest absolute Gasteiger partial charge is 0.203 e. The maximum Gasteiger partial charge on any atom is 0.203 e. The summed E-state index contributed by atoms with van der Waals surface area (Å²) in [6, 6.07) is 9.75. The van der Waals surface area contributed by atoms with Crippen LogP contribution in [0.15, 0.2) is 36.7 Å². The van der Waals surface area contributed by atoms with Crippen LogP contribution in [-0.4, -0.2) is 25.1 Å². The molecule has 0 aliphatic carbocycles. The molecular formula is C11H10N6. The van der Waals surface area contributed by atoms with E-state index in [1.54, 1.807) is 0 Å². The van der Waals surface area contributed by atoms with Crippen molar-refractivity contribution < 1.29 is 0 Å². The second-order valence-electron chi connectivity index (χ2n) is 3.54. The molecule has 3 rings (SSSR count). The third-order valence-corrected chi connectivity index (χ3v) is 2.41. The second kappa shape index (κ2) is 3.75. The number of anilines is 1. The first kappa shape index (κ1) is 9.59. The Labute approximate surface area is 96.9 Å². The molecule has 3 aromatic rings. The molecule has 4 N–H and O–H groups in total. The number of hydrogen-bond donors (Lipinski definition) is 3. The number of nitrogen functional groups attached to an aromatic ring is 1. The van der Waals surface area contributed by atoms with E-state index in [0.717, 1.165) is 5.56 Å². The van der Waals surface area contributed by atoms with E-state index < -0.39 is 0 Å². The highest BCUT2D eigenvalue weighted by Crippen LogP contribution is 2.21. The number of aromatic amines is 2. The van der Waals surface area contributed by atoms with Crippen molar-refractivity contribution in [1.82, 2.24) is 25.1 Å². The number of hydrogen-bond acceptors (Lipinski definition) is 4. The number of aromatic nitrogens is 5. The molecule has 84 valence electrons. The van der Waals surface area contributed by atoms with Gasteiger partial charge in [-0.3, -0.25) is 5.10 Å². The lowest BCUT2D eigenvalue weighted by molar-refractivity contribution is 1.09. The van der Waals surface area contributed by atoms with Gasteiger partial charge in [-0.2, -0.15) is 5.10 Å². The Hall–Kier alpha value is -2.63. The van der Waals surface area contributed by atoms with E-state index in [0.29, 0.717) is 23.2 Å². The van der Waals surface area contributed by atoms with Crippen LogP contribution in [0.25, 0.3) is 22.9 Å². The minimum absolute atomic E-state index is 0.462. The molecule has 2 heterocycles. The number of nitrogens with one attached hydrogen (secondary N) is 2. The minimum atomic E-state index is 0.462. The molecule has 0 saturated heterocycles. The molecule has 0 spiro atoms. The van der Waals surface area contributed by atoms with E-state index in [-0.39, 0.29) is 0 Å². The summed E-state index contributed by atoms with van der Waals surface area (Å²) in [5.41, 5.74) is 7.24. The molecule has 0 atom stereocenters. The minimum Gasteiger partial charge on any atom is -0.383 e. The number of H-pyrrole nitrogens is 2. The lowest BCUT2D eigenvalue weighted by Crippen LogP contribution is -1.89. The standard InChI is InChI=1S/C11H10N6/c12-9-8(13-6-14-9)11-15-10(16-17-11)7-4-2-1-3-5-7/h1-6H,12H2,(H,13,14)(H,15,16,17). The van der Waals surface area contributed by atoms with Gasteiger partial charge in [-0.15, -0.1) is 0 Å². The van der Waals surface area contributed by atoms with E-state index in [1.807, 2.05) is 30.3 Å². The van der Waals surface area contributed by atoms with Gasteiger partial charge in [0, 0.05) is 5.56 Å². The van der Waals surface area contributed by atoms with Crippen molar-refractivity contribution in [3.8, 4) is 22.9 Å². The van der Waals surface area contributed by atoms with Crippen molar-refractivity contribution in [2.24, 2.45) is 0 Å². The van der Waals surface area contributed by atoms with E-state index in [9.17, 15) is 0 Å². The zero-order valence-corrected chi connectivity index (χ0v) is 8.88. The largest absolute Gasteiger partial charge is 0.383 e. The molecule has 0 amide bonds. The molecule has 6 nitrogen and oxygen atoms in total. The highest BCUT2D eigenvalue weighted by molar-refractivity contribution is 5.65. The predicted octanol–water partition coefficient (Wildman–Crippen LogP) is 1.44. The molecule has 0 fully saturated rings. The van der Waals surface area contributed by atoms with Gasteiger partial charge in [0.1, 0.15) is 5.82 Å². The Morgan fingerprint density at radius 2 is 1.94 bits per heavy atom. The van der Waals surface area contributed by atoms with Crippen LogP contribution < -0.4 is 5.73 Å². The zero-order valence-electron chi connectivity index (χ0n) is 8.88. The molecule has 2 aromatic heterocycles. The molecule has 0 unspecified atom stereocenters. The zero-order chi connectivity index (χ0) is 11.7. The Kier molecular flexibility index (Phi) is 2.11. The SMILES string of the molecule is Nc1[nH]cnc1-c1n[nH]c(-c2ccccc2)n1. The molecule has 1 aromatic carbocycles. The van der Waals surface area contributed by atoms with Gasteiger partial charge in [-0.1, -0.05) is 30.3 Å². The summed E-state index contributed by atoms with van der Waals surface area (Å²) in [4.78, 5) is 11.2. The van der Waals surface area contributed by atoms with Gasteiger partial charge >= 0.3 is 0 Å². The van der Waals surface area contributed by atoms with Gasteiger partial charge in [0.15, 0.2) is 11.5 Å². The highest BCUT2D eigenvalue weighted by atomic mass is 15.2. The first-order chi connectivity index (χ1) is 8.34. The summed E-state index contributed by atoms with van der Waals surface area (Å²) in [7, 11) is 0. The summed E-state index contributed by atoms with van der Waals surface area (Å²) in [5, 5.41) is 6.96. The average Bonchev–Trinajstić information content (AvgIpc) is 2.98. The van der Waals surface area contributed by atoms with Crippen LogP contribution in [0.4, 0.5) is 5.82 Å². The van der Waals surface area contributed by atoms with Gasteiger partial charge in [0.05, 0.1) is 6.33 Å². The van der Waals surface area contributed by atoms with Gasteiger partial charge < -0.3 is 10.7 Å². The summed E-state index contributed by atoms with van der Waals surface area (Å²) in [5.74, 6) is 1.65. The molecule has 0 aliphatic rings. The van der Waals surface area contributed by atoms with Crippen LogP contribution in [0.2, 0.25) is 0 Å². The topological polar surface area (TPSA) is 96.3 Å². The van der Waals surface area contributed by atoms with Crippen molar-refractivity contribution in [2.75, 3.05) is 5.73 Å². The Bertz CT molecular complexity index is 624. The van der Waals surface area contributed by atoms with E-state index >= 15 is 0 Å². The van der Waals surface area contributed by atoms with Crippen molar-refractivity contribution in [3.63, 3.8) is 0 Å². The molecule has 0 bridgehead atoms. The van der Waals surface area contributed by atoms with Gasteiger partial charge in [-0.25, -0.2) is 9.97 Å². The fourth-order valence-corrected chi connectivity index (χ4v) is 1.58. The normalized spacial score (nSPS) is 10.6. The molecule has 6 heteroatoms. The monoisotopic (exact) mass is 226 g/mol. The molecule has 0 radical (unpaired) electrons. The van der Waals surface area contributed by atoms with Crippen LogP contribution in [0.3, 0.4) is 0 Å². The number of nitrogens with two attached hydrogens (primary N) is 1. The third kappa shape index (κ3) is 1.65. The van der Waals surface area contributed by atoms with Crippen molar-refractivity contribution >= 4 is 5.82 Å².